The van der Waals surface area contributed by atoms with E-state index in [1.807, 2.05) is 42.8 Å². The number of benzene rings is 1. The Balaban J connectivity index is 1.78. The third kappa shape index (κ3) is 2.62. The SMILES string of the molecule is CCn1ncc(CNC(=O)c2sc3ccccc3c2Cl)c1C. The van der Waals surface area contributed by atoms with Gasteiger partial charge in [-0.1, -0.05) is 29.8 Å². The first kappa shape index (κ1) is 15.1. The molecule has 114 valence electrons. The summed E-state index contributed by atoms with van der Waals surface area (Å²) in [4.78, 5) is 12.9. The number of hydrogen-bond acceptors (Lipinski definition) is 3. The Morgan fingerprint density at radius 3 is 2.86 bits per heavy atom. The van der Waals surface area contributed by atoms with E-state index in [0.717, 1.165) is 27.9 Å². The van der Waals surface area contributed by atoms with E-state index in [0.29, 0.717) is 16.4 Å². The molecule has 1 N–H and O–H groups in total. The molecule has 1 aromatic carbocycles. The number of nitrogens with zero attached hydrogens (tertiary/aromatic N) is 2. The molecule has 0 unspecified atom stereocenters. The second-order valence-electron chi connectivity index (χ2n) is 4.99. The van der Waals surface area contributed by atoms with Crippen molar-refractivity contribution in [2.45, 2.75) is 26.9 Å². The molecule has 0 aliphatic heterocycles. The van der Waals surface area contributed by atoms with Gasteiger partial charge in [-0.2, -0.15) is 5.10 Å². The van der Waals surface area contributed by atoms with Gasteiger partial charge >= 0.3 is 0 Å². The van der Waals surface area contributed by atoms with Crippen LogP contribution in [-0.4, -0.2) is 15.7 Å². The van der Waals surface area contributed by atoms with Gasteiger partial charge in [0.15, 0.2) is 0 Å². The minimum Gasteiger partial charge on any atom is -0.347 e. The van der Waals surface area contributed by atoms with Crippen LogP contribution in [0.4, 0.5) is 0 Å². The van der Waals surface area contributed by atoms with E-state index in [9.17, 15) is 4.79 Å². The standard InChI is InChI=1S/C16H16ClN3OS/c1-3-20-10(2)11(9-19-20)8-18-16(21)15-14(17)12-6-4-5-7-13(12)22-15/h4-7,9H,3,8H2,1-2H3,(H,18,21). The van der Waals surface area contributed by atoms with Crippen LogP contribution in [0.5, 0.6) is 0 Å². The lowest BCUT2D eigenvalue weighted by Gasteiger charge is -2.04. The van der Waals surface area contributed by atoms with Gasteiger partial charge in [0.1, 0.15) is 4.88 Å². The number of rotatable bonds is 4. The lowest BCUT2D eigenvalue weighted by Crippen LogP contribution is -2.22. The van der Waals surface area contributed by atoms with Crippen LogP contribution in [0.1, 0.15) is 27.9 Å². The largest absolute Gasteiger partial charge is 0.347 e. The average Bonchev–Trinajstić information content (AvgIpc) is 3.06. The van der Waals surface area contributed by atoms with Crippen molar-refractivity contribution < 1.29 is 4.79 Å². The van der Waals surface area contributed by atoms with Crippen molar-refractivity contribution in [1.29, 1.82) is 0 Å². The first-order valence-corrected chi connectivity index (χ1v) is 8.27. The van der Waals surface area contributed by atoms with Crippen LogP contribution in [0, 0.1) is 6.92 Å². The minimum absolute atomic E-state index is 0.144. The predicted octanol–water partition coefficient (Wildman–Crippen LogP) is 4.01. The number of amides is 1. The molecule has 3 aromatic rings. The Labute approximate surface area is 137 Å². The van der Waals surface area contributed by atoms with Gasteiger partial charge in [-0.15, -0.1) is 11.3 Å². The van der Waals surface area contributed by atoms with Crippen molar-refractivity contribution >= 4 is 38.9 Å². The van der Waals surface area contributed by atoms with Gasteiger partial charge in [0.25, 0.3) is 5.91 Å². The summed E-state index contributed by atoms with van der Waals surface area (Å²) in [5.74, 6) is -0.144. The maximum absolute atomic E-state index is 12.4. The van der Waals surface area contributed by atoms with Gasteiger partial charge in [-0.3, -0.25) is 9.48 Å². The van der Waals surface area contributed by atoms with Gasteiger partial charge in [-0.25, -0.2) is 0 Å². The molecule has 0 aliphatic carbocycles. The zero-order valence-corrected chi connectivity index (χ0v) is 14.0. The summed E-state index contributed by atoms with van der Waals surface area (Å²) in [6, 6.07) is 7.77. The molecule has 0 spiro atoms. The Bertz CT molecular complexity index is 837. The highest BCUT2D eigenvalue weighted by atomic mass is 35.5. The molecule has 6 heteroatoms. The van der Waals surface area contributed by atoms with Gasteiger partial charge in [0, 0.05) is 34.4 Å². The molecule has 4 nitrogen and oxygen atoms in total. The van der Waals surface area contributed by atoms with Crippen molar-refractivity contribution in [2.75, 3.05) is 0 Å². The summed E-state index contributed by atoms with van der Waals surface area (Å²) in [6.45, 7) is 5.32. The van der Waals surface area contributed by atoms with Crippen LogP contribution < -0.4 is 5.32 Å². The fraction of sp³-hybridized carbons (Fsp3) is 0.250. The van der Waals surface area contributed by atoms with Crippen LogP contribution in [-0.2, 0) is 13.1 Å². The van der Waals surface area contributed by atoms with E-state index in [4.69, 9.17) is 11.6 Å². The molecule has 3 rings (SSSR count). The lowest BCUT2D eigenvalue weighted by atomic mass is 10.2. The second kappa shape index (κ2) is 6.10. The molecule has 0 radical (unpaired) electrons. The van der Waals surface area contributed by atoms with Crippen LogP contribution in [0.15, 0.2) is 30.5 Å². The summed E-state index contributed by atoms with van der Waals surface area (Å²) in [6.07, 6.45) is 1.80. The first-order chi connectivity index (χ1) is 10.6. The first-order valence-electron chi connectivity index (χ1n) is 7.08. The number of fused-ring (bicyclic) bond motifs is 1. The van der Waals surface area contributed by atoms with E-state index in [-0.39, 0.29) is 5.91 Å². The van der Waals surface area contributed by atoms with Crippen LogP contribution in [0.25, 0.3) is 10.1 Å². The highest BCUT2D eigenvalue weighted by Crippen LogP contribution is 2.34. The maximum atomic E-state index is 12.4. The number of nitrogens with one attached hydrogen (secondary N) is 1. The van der Waals surface area contributed by atoms with E-state index in [1.165, 1.54) is 11.3 Å². The number of hydrogen-bond donors (Lipinski definition) is 1. The van der Waals surface area contributed by atoms with E-state index < -0.39 is 0 Å². The molecule has 1 amide bonds. The molecule has 0 saturated heterocycles. The molecule has 0 fully saturated rings. The van der Waals surface area contributed by atoms with E-state index in [1.54, 1.807) is 6.20 Å². The molecule has 22 heavy (non-hydrogen) atoms. The zero-order chi connectivity index (χ0) is 15.7. The second-order valence-corrected chi connectivity index (χ2v) is 6.43. The molecule has 2 heterocycles. The van der Waals surface area contributed by atoms with Crippen LogP contribution >= 0.6 is 22.9 Å². The summed E-state index contributed by atoms with van der Waals surface area (Å²) in [5.41, 5.74) is 2.10. The zero-order valence-electron chi connectivity index (χ0n) is 12.4. The highest BCUT2D eigenvalue weighted by Gasteiger charge is 2.17. The molecule has 2 aromatic heterocycles. The van der Waals surface area contributed by atoms with Gasteiger partial charge < -0.3 is 5.32 Å². The van der Waals surface area contributed by atoms with Crippen molar-refractivity contribution in [3.05, 3.63) is 51.6 Å². The number of aryl methyl sites for hydroxylation is 1. The maximum Gasteiger partial charge on any atom is 0.263 e. The van der Waals surface area contributed by atoms with E-state index in [2.05, 4.69) is 10.4 Å². The van der Waals surface area contributed by atoms with Gasteiger partial charge in [0.2, 0.25) is 0 Å². The molecular weight excluding hydrogens is 318 g/mol. The van der Waals surface area contributed by atoms with Crippen molar-refractivity contribution in [1.82, 2.24) is 15.1 Å². The molecule has 0 saturated carbocycles. The highest BCUT2D eigenvalue weighted by molar-refractivity contribution is 7.21. The number of carbonyl (C=O) groups is 1. The van der Waals surface area contributed by atoms with Crippen molar-refractivity contribution in [2.24, 2.45) is 0 Å². The fourth-order valence-electron chi connectivity index (χ4n) is 2.39. The molecule has 0 bridgehead atoms. The average molecular weight is 334 g/mol. The number of thiophene rings is 1. The Kier molecular flexibility index (Phi) is 4.18. The van der Waals surface area contributed by atoms with Crippen molar-refractivity contribution in [3.8, 4) is 0 Å². The molecule has 0 aliphatic rings. The van der Waals surface area contributed by atoms with Gasteiger partial charge in [-0.05, 0) is 19.9 Å². The summed E-state index contributed by atoms with van der Waals surface area (Å²) < 4.78 is 2.93. The number of aromatic nitrogens is 2. The molecular formula is C16H16ClN3OS. The van der Waals surface area contributed by atoms with Crippen LogP contribution in [0.3, 0.4) is 0 Å². The summed E-state index contributed by atoms with van der Waals surface area (Å²) >= 11 is 7.74. The van der Waals surface area contributed by atoms with Gasteiger partial charge in [0.05, 0.1) is 11.2 Å². The third-order valence-electron chi connectivity index (χ3n) is 3.68. The number of carbonyl (C=O) groups excluding carboxylic acids is 1. The minimum atomic E-state index is -0.144. The Morgan fingerprint density at radius 1 is 1.41 bits per heavy atom. The smallest absolute Gasteiger partial charge is 0.263 e. The quantitative estimate of drug-likeness (QED) is 0.784. The van der Waals surface area contributed by atoms with Crippen LogP contribution in [0.2, 0.25) is 5.02 Å². The van der Waals surface area contributed by atoms with E-state index >= 15 is 0 Å². The summed E-state index contributed by atoms with van der Waals surface area (Å²) in [7, 11) is 0. The Hall–Kier alpha value is -1.85. The van der Waals surface area contributed by atoms with Crippen molar-refractivity contribution in [3.63, 3.8) is 0 Å². The predicted molar refractivity (Wildman–Crippen MR) is 90.6 cm³/mol. The fourth-order valence-corrected chi connectivity index (χ4v) is 3.83. The normalized spacial score (nSPS) is 11.0. The lowest BCUT2D eigenvalue weighted by molar-refractivity contribution is 0.0955. The topological polar surface area (TPSA) is 46.9 Å². The molecule has 0 atom stereocenters. The third-order valence-corrected chi connectivity index (χ3v) is 5.36. The monoisotopic (exact) mass is 333 g/mol. The number of halogens is 1. The Morgan fingerprint density at radius 2 is 2.18 bits per heavy atom. The summed E-state index contributed by atoms with van der Waals surface area (Å²) in [5, 5.41) is 8.66.